The van der Waals surface area contributed by atoms with Gasteiger partial charge in [-0.25, -0.2) is 0 Å². The molecule has 5 heteroatoms. The van der Waals surface area contributed by atoms with Crippen LogP contribution in [0.4, 0.5) is 0 Å². The molecule has 2 rings (SSSR count). The topological polar surface area (TPSA) is 38.5 Å². The maximum Gasteiger partial charge on any atom is 0.138 e. The predicted molar refractivity (Wildman–Crippen MR) is 63.3 cm³/mol. The summed E-state index contributed by atoms with van der Waals surface area (Å²) in [7, 11) is 0. The van der Waals surface area contributed by atoms with Crippen LogP contribution in [0.15, 0.2) is 0 Å². The van der Waals surface area contributed by atoms with Gasteiger partial charge in [0.05, 0.1) is 18.9 Å². The van der Waals surface area contributed by atoms with Crippen LogP contribution in [0.5, 0.6) is 0 Å². The summed E-state index contributed by atoms with van der Waals surface area (Å²) in [6.45, 7) is 3.70. The van der Waals surface area contributed by atoms with Crippen LogP contribution in [0.3, 0.4) is 0 Å². The first-order valence-corrected chi connectivity index (χ1v) is 6.35. The zero-order valence-corrected chi connectivity index (χ0v) is 10.00. The number of thiocarbonyl (C=S) groups is 1. The smallest absolute Gasteiger partial charge is 0.138 e. The number of rotatable bonds is 1. The Labute approximate surface area is 94.3 Å². The maximum atomic E-state index is 6.39. The van der Waals surface area contributed by atoms with E-state index in [1.165, 1.54) is 0 Å². The van der Waals surface area contributed by atoms with Gasteiger partial charge in [0, 0.05) is 24.6 Å². The number of hydrogen-bond acceptors (Lipinski definition) is 4. The van der Waals surface area contributed by atoms with Crippen molar-refractivity contribution < 1.29 is 4.74 Å². The van der Waals surface area contributed by atoms with Crippen LogP contribution in [0.2, 0.25) is 0 Å². The molecule has 2 heterocycles. The van der Waals surface area contributed by atoms with Gasteiger partial charge >= 0.3 is 0 Å². The molecule has 14 heavy (non-hydrogen) atoms. The fourth-order valence-corrected chi connectivity index (χ4v) is 3.70. The molecule has 0 aromatic heterocycles. The van der Waals surface area contributed by atoms with Crippen molar-refractivity contribution in [3.63, 3.8) is 0 Å². The van der Waals surface area contributed by atoms with E-state index in [1.54, 1.807) is 11.8 Å². The Morgan fingerprint density at radius 1 is 1.57 bits per heavy atom. The number of nitrogens with zero attached hydrogens (tertiary/aromatic N) is 1. The summed E-state index contributed by atoms with van der Waals surface area (Å²) in [4.78, 5) is 2.22. The zero-order chi connectivity index (χ0) is 10.2. The molecule has 3 nitrogen and oxygen atoms in total. The van der Waals surface area contributed by atoms with Gasteiger partial charge < -0.3 is 15.4 Å². The lowest BCUT2D eigenvalue weighted by molar-refractivity contribution is -0.00202. The van der Waals surface area contributed by atoms with Gasteiger partial charge in [0.1, 0.15) is 4.32 Å². The Bertz CT molecular complexity index is 241. The van der Waals surface area contributed by atoms with E-state index in [4.69, 9.17) is 22.7 Å². The molecule has 80 valence electrons. The molecule has 2 saturated heterocycles. The van der Waals surface area contributed by atoms with Crippen molar-refractivity contribution in [3.8, 4) is 0 Å². The van der Waals surface area contributed by atoms with E-state index in [9.17, 15) is 0 Å². The first-order valence-electron chi connectivity index (χ1n) is 4.96. The second-order valence-corrected chi connectivity index (χ2v) is 5.67. The van der Waals surface area contributed by atoms with Crippen LogP contribution in [0.1, 0.15) is 19.8 Å². The fraction of sp³-hybridized carbons (Fsp3) is 0.889. The molecule has 0 aromatic carbocycles. The van der Waals surface area contributed by atoms with E-state index in [1.807, 2.05) is 0 Å². The molecule has 0 radical (unpaired) electrons. The van der Waals surface area contributed by atoms with Gasteiger partial charge in [-0.1, -0.05) is 24.0 Å². The molecule has 1 atom stereocenters. The second kappa shape index (κ2) is 3.96. The van der Waals surface area contributed by atoms with Crippen molar-refractivity contribution in [1.29, 1.82) is 0 Å². The standard InChI is InChI=1S/C9H16N2OS2/c1-7-6-14-8(13)11(7)9(10)2-4-12-5-3-9/h7H,2-6,10H2,1H3. The first kappa shape index (κ1) is 10.7. The Morgan fingerprint density at radius 2 is 2.21 bits per heavy atom. The molecule has 0 bridgehead atoms. The van der Waals surface area contributed by atoms with Crippen molar-refractivity contribution >= 4 is 28.3 Å². The van der Waals surface area contributed by atoms with Gasteiger partial charge in [0.2, 0.25) is 0 Å². The van der Waals surface area contributed by atoms with E-state index in [2.05, 4.69) is 11.8 Å². The molecular weight excluding hydrogens is 216 g/mol. The van der Waals surface area contributed by atoms with Gasteiger partial charge in [-0.2, -0.15) is 0 Å². The minimum Gasteiger partial charge on any atom is -0.381 e. The Hall–Kier alpha value is 0.160. The molecule has 0 saturated carbocycles. The highest BCUT2D eigenvalue weighted by Crippen LogP contribution is 2.34. The summed E-state index contributed by atoms with van der Waals surface area (Å²) < 4.78 is 6.30. The van der Waals surface area contributed by atoms with Crippen LogP contribution in [-0.2, 0) is 4.74 Å². The van der Waals surface area contributed by atoms with Gasteiger partial charge in [0.25, 0.3) is 0 Å². The van der Waals surface area contributed by atoms with Crippen molar-refractivity contribution in [1.82, 2.24) is 4.90 Å². The predicted octanol–water partition coefficient (Wildman–Crippen LogP) is 1.17. The van der Waals surface area contributed by atoms with Crippen LogP contribution < -0.4 is 5.73 Å². The highest BCUT2D eigenvalue weighted by Gasteiger charge is 2.41. The molecule has 2 N–H and O–H groups in total. The molecule has 2 fully saturated rings. The summed E-state index contributed by atoms with van der Waals surface area (Å²) in [6.07, 6.45) is 1.77. The van der Waals surface area contributed by atoms with Crippen LogP contribution in [0.25, 0.3) is 0 Å². The SMILES string of the molecule is CC1CSC(=S)N1C1(N)CCOCC1. The third kappa shape index (κ3) is 1.78. The van der Waals surface area contributed by atoms with E-state index in [-0.39, 0.29) is 5.66 Å². The number of ether oxygens (including phenoxy) is 1. The summed E-state index contributed by atoms with van der Waals surface area (Å²) >= 11 is 7.08. The van der Waals surface area contributed by atoms with E-state index < -0.39 is 0 Å². The van der Waals surface area contributed by atoms with Crippen LogP contribution in [-0.4, -0.2) is 39.9 Å². The summed E-state index contributed by atoms with van der Waals surface area (Å²) in [5.41, 5.74) is 6.14. The van der Waals surface area contributed by atoms with Crippen LogP contribution in [0, 0.1) is 0 Å². The summed E-state index contributed by atoms with van der Waals surface area (Å²) in [5.74, 6) is 1.07. The van der Waals surface area contributed by atoms with E-state index in [0.717, 1.165) is 36.1 Å². The summed E-state index contributed by atoms with van der Waals surface area (Å²) in [5, 5.41) is 0. The van der Waals surface area contributed by atoms with Crippen molar-refractivity contribution in [2.75, 3.05) is 19.0 Å². The first-order chi connectivity index (χ1) is 6.63. The van der Waals surface area contributed by atoms with Crippen molar-refractivity contribution in [3.05, 3.63) is 0 Å². The monoisotopic (exact) mass is 232 g/mol. The molecule has 0 amide bonds. The minimum atomic E-state index is -0.252. The van der Waals surface area contributed by atoms with E-state index >= 15 is 0 Å². The third-order valence-corrected chi connectivity index (χ3v) is 4.57. The fourth-order valence-electron chi connectivity index (χ4n) is 2.10. The highest BCUT2D eigenvalue weighted by atomic mass is 32.2. The second-order valence-electron chi connectivity index (χ2n) is 4.01. The van der Waals surface area contributed by atoms with Gasteiger partial charge in [-0.05, 0) is 6.92 Å². The van der Waals surface area contributed by atoms with Gasteiger partial charge in [0.15, 0.2) is 0 Å². The van der Waals surface area contributed by atoms with Crippen molar-refractivity contribution in [2.24, 2.45) is 5.73 Å². The summed E-state index contributed by atoms with van der Waals surface area (Å²) in [6, 6.07) is 0.468. The maximum absolute atomic E-state index is 6.39. The minimum absolute atomic E-state index is 0.252. The lowest BCUT2D eigenvalue weighted by atomic mass is 9.98. The van der Waals surface area contributed by atoms with E-state index in [0.29, 0.717) is 6.04 Å². The van der Waals surface area contributed by atoms with Crippen LogP contribution >= 0.6 is 24.0 Å². The average Bonchev–Trinajstić information content (AvgIpc) is 2.48. The molecular formula is C9H16N2OS2. The normalized spacial score (nSPS) is 32.3. The molecule has 0 aromatic rings. The molecule has 0 aliphatic carbocycles. The quantitative estimate of drug-likeness (QED) is 0.687. The third-order valence-electron chi connectivity index (χ3n) is 2.92. The highest BCUT2D eigenvalue weighted by molar-refractivity contribution is 8.23. The Balaban J connectivity index is 2.14. The Kier molecular flexibility index (Phi) is 3.02. The molecule has 2 aliphatic heterocycles. The number of hydrogen-bond donors (Lipinski definition) is 1. The average molecular weight is 232 g/mol. The molecule has 2 aliphatic rings. The van der Waals surface area contributed by atoms with Gasteiger partial charge in [-0.3, -0.25) is 0 Å². The zero-order valence-electron chi connectivity index (χ0n) is 8.36. The lowest BCUT2D eigenvalue weighted by Gasteiger charge is -2.44. The number of thioether (sulfide) groups is 1. The number of nitrogens with two attached hydrogens (primary N) is 1. The van der Waals surface area contributed by atoms with Crippen molar-refractivity contribution in [2.45, 2.75) is 31.5 Å². The molecule has 0 spiro atoms. The van der Waals surface area contributed by atoms with Gasteiger partial charge in [-0.15, -0.1) is 0 Å². The lowest BCUT2D eigenvalue weighted by Crippen LogP contribution is -2.61. The Morgan fingerprint density at radius 3 is 2.71 bits per heavy atom. The largest absolute Gasteiger partial charge is 0.381 e. The molecule has 1 unspecified atom stereocenters.